The molecule has 94 valence electrons. The average molecular weight is 300 g/mol. The van der Waals surface area contributed by atoms with Gasteiger partial charge >= 0.3 is 0 Å². The van der Waals surface area contributed by atoms with E-state index in [1.165, 1.54) is 0 Å². The van der Waals surface area contributed by atoms with Gasteiger partial charge in [-0.1, -0.05) is 22.0 Å². The Bertz CT molecular complexity index is 416. The summed E-state index contributed by atoms with van der Waals surface area (Å²) in [7, 11) is 0. The number of aliphatic hydroxyl groups excluding tert-OH is 1. The van der Waals surface area contributed by atoms with Crippen molar-refractivity contribution in [2.45, 2.75) is 32.7 Å². The molecule has 0 atom stereocenters. The number of benzene rings is 1. The van der Waals surface area contributed by atoms with Gasteiger partial charge in [0.1, 0.15) is 0 Å². The van der Waals surface area contributed by atoms with Gasteiger partial charge in [0.2, 0.25) is 0 Å². The smallest absolute Gasteiger partial charge is 0.251 e. The summed E-state index contributed by atoms with van der Waals surface area (Å²) in [4.78, 5) is 12.0. The maximum atomic E-state index is 12.0. The maximum Gasteiger partial charge on any atom is 0.251 e. The lowest BCUT2D eigenvalue weighted by molar-refractivity contribution is 0.0899. The van der Waals surface area contributed by atoms with E-state index in [1.807, 2.05) is 26.8 Å². The molecule has 0 aromatic heterocycles. The van der Waals surface area contributed by atoms with Gasteiger partial charge in [-0.2, -0.15) is 0 Å². The number of aliphatic hydroxyl groups is 1. The summed E-state index contributed by atoms with van der Waals surface area (Å²) < 4.78 is 0.921. The van der Waals surface area contributed by atoms with E-state index in [-0.39, 0.29) is 12.5 Å². The lowest BCUT2D eigenvalue weighted by Crippen LogP contribution is -2.44. The summed E-state index contributed by atoms with van der Waals surface area (Å²) in [6.45, 7) is 5.82. The van der Waals surface area contributed by atoms with Crippen LogP contribution in [0.2, 0.25) is 0 Å². The fourth-order valence-corrected chi connectivity index (χ4v) is 1.83. The Kier molecular flexibility index (Phi) is 4.71. The van der Waals surface area contributed by atoms with Crippen molar-refractivity contribution in [1.29, 1.82) is 0 Å². The summed E-state index contributed by atoms with van der Waals surface area (Å²) in [5.41, 5.74) is 1.31. The maximum absolute atomic E-state index is 12.0. The first-order valence-corrected chi connectivity index (χ1v) is 6.34. The van der Waals surface area contributed by atoms with Gasteiger partial charge in [0.15, 0.2) is 0 Å². The van der Waals surface area contributed by atoms with Gasteiger partial charge in [0, 0.05) is 22.2 Å². The summed E-state index contributed by atoms with van der Waals surface area (Å²) in [5.74, 6) is -0.121. The molecule has 0 saturated heterocycles. The molecule has 3 nitrogen and oxygen atoms in total. The zero-order valence-corrected chi connectivity index (χ0v) is 12.0. The monoisotopic (exact) mass is 299 g/mol. The number of carbonyl (C=O) groups excluding carboxylic acids is 1. The highest BCUT2D eigenvalue weighted by molar-refractivity contribution is 9.10. The van der Waals surface area contributed by atoms with Crippen LogP contribution in [0.4, 0.5) is 0 Å². The molecular formula is C13H18BrNO2. The molecule has 0 aliphatic carbocycles. The number of rotatable bonds is 4. The molecule has 0 bridgehead atoms. The molecule has 1 aromatic rings. The van der Waals surface area contributed by atoms with Gasteiger partial charge in [-0.25, -0.2) is 0 Å². The molecule has 1 aromatic carbocycles. The summed E-state index contributed by atoms with van der Waals surface area (Å²) in [6, 6.07) is 5.50. The number of carbonyl (C=O) groups is 1. The minimum Gasteiger partial charge on any atom is -0.396 e. The molecule has 1 amide bonds. The molecule has 0 heterocycles. The van der Waals surface area contributed by atoms with Crippen LogP contribution in [-0.2, 0) is 0 Å². The Labute approximate surface area is 110 Å². The highest BCUT2D eigenvalue weighted by Gasteiger charge is 2.20. The Morgan fingerprint density at radius 1 is 1.47 bits per heavy atom. The van der Waals surface area contributed by atoms with Crippen LogP contribution in [0, 0.1) is 6.92 Å². The van der Waals surface area contributed by atoms with E-state index in [0.29, 0.717) is 12.0 Å². The van der Waals surface area contributed by atoms with Crippen LogP contribution < -0.4 is 5.32 Å². The van der Waals surface area contributed by atoms with Crippen molar-refractivity contribution in [2.75, 3.05) is 6.61 Å². The van der Waals surface area contributed by atoms with E-state index in [9.17, 15) is 4.79 Å². The van der Waals surface area contributed by atoms with Gasteiger partial charge in [-0.05, 0) is 44.9 Å². The molecule has 0 unspecified atom stereocenters. The van der Waals surface area contributed by atoms with Gasteiger partial charge < -0.3 is 10.4 Å². The van der Waals surface area contributed by atoms with E-state index in [0.717, 1.165) is 10.0 Å². The number of nitrogens with one attached hydrogen (secondary N) is 1. The van der Waals surface area contributed by atoms with Crippen molar-refractivity contribution >= 4 is 21.8 Å². The standard InChI is InChI=1S/C13H18BrNO2/c1-9-4-5-10(8-11(9)14)12(17)15-13(2,3)6-7-16/h4-5,8,16H,6-7H2,1-3H3,(H,15,17). The van der Waals surface area contributed by atoms with Gasteiger partial charge in [-0.3, -0.25) is 4.79 Å². The first kappa shape index (κ1) is 14.2. The predicted octanol–water partition coefficient (Wildman–Crippen LogP) is 2.65. The molecule has 17 heavy (non-hydrogen) atoms. The molecule has 0 fully saturated rings. The largest absolute Gasteiger partial charge is 0.396 e. The van der Waals surface area contributed by atoms with Crippen LogP contribution in [-0.4, -0.2) is 23.2 Å². The molecule has 0 saturated carbocycles. The number of amides is 1. The Balaban J connectivity index is 2.80. The fraction of sp³-hybridized carbons (Fsp3) is 0.462. The molecule has 0 aliphatic rings. The highest BCUT2D eigenvalue weighted by atomic mass is 79.9. The number of hydrogen-bond donors (Lipinski definition) is 2. The number of hydrogen-bond acceptors (Lipinski definition) is 2. The highest BCUT2D eigenvalue weighted by Crippen LogP contribution is 2.18. The SMILES string of the molecule is Cc1ccc(C(=O)NC(C)(C)CCO)cc1Br. The third-order valence-corrected chi connectivity index (χ3v) is 3.48. The van der Waals surface area contributed by atoms with Crippen molar-refractivity contribution in [3.05, 3.63) is 33.8 Å². The van der Waals surface area contributed by atoms with E-state index < -0.39 is 5.54 Å². The van der Waals surface area contributed by atoms with Crippen LogP contribution in [0.5, 0.6) is 0 Å². The second-order valence-corrected chi connectivity index (χ2v) is 5.63. The van der Waals surface area contributed by atoms with Crippen LogP contribution in [0.3, 0.4) is 0 Å². The fourth-order valence-electron chi connectivity index (χ4n) is 1.46. The Hall–Kier alpha value is -0.870. The van der Waals surface area contributed by atoms with Gasteiger partial charge in [-0.15, -0.1) is 0 Å². The van der Waals surface area contributed by atoms with Crippen LogP contribution >= 0.6 is 15.9 Å². The molecule has 2 N–H and O–H groups in total. The Morgan fingerprint density at radius 2 is 2.12 bits per heavy atom. The van der Waals surface area contributed by atoms with Crippen LogP contribution in [0.1, 0.15) is 36.2 Å². The second kappa shape index (κ2) is 5.65. The third kappa shape index (κ3) is 4.13. The lowest BCUT2D eigenvalue weighted by atomic mass is 10.0. The Morgan fingerprint density at radius 3 is 2.65 bits per heavy atom. The van der Waals surface area contributed by atoms with E-state index in [2.05, 4.69) is 21.2 Å². The van der Waals surface area contributed by atoms with E-state index in [1.54, 1.807) is 12.1 Å². The summed E-state index contributed by atoms with van der Waals surface area (Å²) in [6.07, 6.45) is 0.534. The molecule has 0 radical (unpaired) electrons. The lowest BCUT2D eigenvalue weighted by Gasteiger charge is -2.25. The second-order valence-electron chi connectivity index (χ2n) is 4.78. The first-order valence-electron chi connectivity index (χ1n) is 5.55. The molecule has 1 rings (SSSR count). The summed E-state index contributed by atoms with van der Waals surface area (Å²) in [5, 5.41) is 11.8. The number of aryl methyl sites for hydroxylation is 1. The first-order chi connectivity index (χ1) is 7.85. The van der Waals surface area contributed by atoms with Crippen molar-refractivity contribution in [1.82, 2.24) is 5.32 Å². The minimum atomic E-state index is -0.400. The van der Waals surface area contributed by atoms with E-state index in [4.69, 9.17) is 5.11 Å². The average Bonchev–Trinajstić information content (AvgIpc) is 2.21. The summed E-state index contributed by atoms with van der Waals surface area (Å²) >= 11 is 3.40. The molecule has 0 spiro atoms. The van der Waals surface area contributed by atoms with Crippen LogP contribution in [0.15, 0.2) is 22.7 Å². The van der Waals surface area contributed by atoms with Gasteiger partial charge in [0.25, 0.3) is 5.91 Å². The van der Waals surface area contributed by atoms with Crippen molar-refractivity contribution in [3.8, 4) is 0 Å². The van der Waals surface area contributed by atoms with E-state index >= 15 is 0 Å². The third-order valence-electron chi connectivity index (χ3n) is 2.62. The topological polar surface area (TPSA) is 49.3 Å². The predicted molar refractivity (Wildman–Crippen MR) is 72.1 cm³/mol. The molecular weight excluding hydrogens is 282 g/mol. The molecule has 4 heteroatoms. The van der Waals surface area contributed by atoms with Crippen LogP contribution in [0.25, 0.3) is 0 Å². The zero-order valence-electron chi connectivity index (χ0n) is 10.4. The van der Waals surface area contributed by atoms with Gasteiger partial charge in [0.05, 0.1) is 0 Å². The van der Waals surface area contributed by atoms with Crippen molar-refractivity contribution < 1.29 is 9.90 Å². The van der Waals surface area contributed by atoms with Crippen molar-refractivity contribution in [3.63, 3.8) is 0 Å². The number of halogens is 1. The molecule has 0 aliphatic heterocycles. The quantitative estimate of drug-likeness (QED) is 0.898. The minimum absolute atomic E-state index is 0.0604. The normalized spacial score (nSPS) is 11.4. The zero-order chi connectivity index (χ0) is 13.1. The van der Waals surface area contributed by atoms with Crippen molar-refractivity contribution in [2.24, 2.45) is 0 Å².